The van der Waals surface area contributed by atoms with Crippen LogP contribution in [0.1, 0.15) is 38.1 Å². The summed E-state index contributed by atoms with van der Waals surface area (Å²) in [5.74, 6) is 1.85. The summed E-state index contributed by atoms with van der Waals surface area (Å²) in [5.41, 5.74) is 1.03. The second-order valence-corrected chi connectivity index (χ2v) is 6.25. The Bertz CT molecular complexity index is 670. The largest absolute Gasteiger partial charge is 0.497 e. The number of likely N-dealkylation sites (tertiary alicyclic amines) is 1. The van der Waals surface area contributed by atoms with E-state index in [-0.39, 0.29) is 0 Å². The van der Waals surface area contributed by atoms with Gasteiger partial charge in [0.2, 0.25) is 0 Å². The summed E-state index contributed by atoms with van der Waals surface area (Å²) in [6.45, 7) is 4.67. The number of benzene rings is 1. The molecule has 1 aromatic heterocycles. The third kappa shape index (κ3) is 2.94. The number of nitrogens with one attached hydrogen (secondary N) is 2. The van der Waals surface area contributed by atoms with Gasteiger partial charge in [-0.2, -0.15) is 5.10 Å². The standard InChI is InChI=1S/C16H22N4OS/c1-12(19-10-4-3-5-11-19)15-17-18-16(22)20(15)13-6-8-14(21-2)9-7-13/h6-9,12H,3-5,10-11H2,1-2H3,(H,18,22)/p+1/t12-/m1/s1. The Morgan fingerprint density at radius 3 is 2.55 bits per heavy atom. The molecule has 0 spiro atoms. The molecule has 1 aromatic carbocycles. The smallest absolute Gasteiger partial charge is 0.200 e. The van der Waals surface area contributed by atoms with E-state index < -0.39 is 0 Å². The molecule has 0 saturated carbocycles. The molecule has 2 heterocycles. The van der Waals surface area contributed by atoms with E-state index in [0.29, 0.717) is 10.8 Å². The molecule has 1 fully saturated rings. The van der Waals surface area contributed by atoms with Gasteiger partial charge >= 0.3 is 0 Å². The molecule has 0 bridgehead atoms. The van der Waals surface area contributed by atoms with Crippen LogP contribution in [-0.2, 0) is 0 Å². The number of piperidine rings is 1. The summed E-state index contributed by atoms with van der Waals surface area (Å²) < 4.78 is 7.91. The minimum absolute atomic E-state index is 0.329. The second kappa shape index (κ2) is 6.62. The van der Waals surface area contributed by atoms with Crippen LogP contribution >= 0.6 is 12.2 Å². The highest BCUT2D eigenvalue weighted by Gasteiger charge is 2.26. The fourth-order valence-electron chi connectivity index (χ4n) is 3.20. The van der Waals surface area contributed by atoms with Crippen molar-refractivity contribution in [3.63, 3.8) is 0 Å². The number of quaternary nitrogens is 1. The topological polar surface area (TPSA) is 47.3 Å². The van der Waals surface area contributed by atoms with Crippen LogP contribution in [0.2, 0.25) is 0 Å². The lowest BCUT2D eigenvalue weighted by molar-refractivity contribution is -0.935. The maximum atomic E-state index is 5.44. The molecule has 0 amide bonds. The fourth-order valence-corrected chi connectivity index (χ4v) is 3.45. The quantitative estimate of drug-likeness (QED) is 0.848. The molecule has 1 aliphatic rings. The predicted molar refractivity (Wildman–Crippen MR) is 88.3 cm³/mol. The van der Waals surface area contributed by atoms with Crippen molar-refractivity contribution in [1.82, 2.24) is 14.8 Å². The first-order valence-electron chi connectivity index (χ1n) is 7.87. The molecule has 2 N–H and O–H groups in total. The lowest BCUT2D eigenvalue weighted by Crippen LogP contribution is -3.12. The van der Waals surface area contributed by atoms with Crippen LogP contribution in [0.15, 0.2) is 24.3 Å². The van der Waals surface area contributed by atoms with Crippen molar-refractivity contribution in [1.29, 1.82) is 0 Å². The average Bonchev–Trinajstić information content (AvgIpc) is 2.96. The number of ether oxygens (including phenoxy) is 1. The maximum absolute atomic E-state index is 5.44. The molecular formula is C16H23N4OS+. The minimum atomic E-state index is 0.329. The molecule has 3 rings (SSSR count). The van der Waals surface area contributed by atoms with Gasteiger partial charge in [0, 0.05) is 0 Å². The number of H-pyrrole nitrogens is 1. The number of hydrogen-bond donors (Lipinski definition) is 2. The lowest BCUT2D eigenvalue weighted by atomic mass is 10.1. The molecule has 22 heavy (non-hydrogen) atoms. The predicted octanol–water partition coefficient (Wildman–Crippen LogP) is 2.07. The van der Waals surface area contributed by atoms with Gasteiger partial charge in [0.05, 0.1) is 25.9 Å². The van der Waals surface area contributed by atoms with Crippen molar-refractivity contribution in [2.45, 2.75) is 32.2 Å². The van der Waals surface area contributed by atoms with Crippen molar-refractivity contribution >= 4 is 12.2 Å². The number of methoxy groups -OCH3 is 1. The normalized spacial score (nSPS) is 17.4. The Balaban J connectivity index is 1.94. The van der Waals surface area contributed by atoms with Gasteiger partial charge in [-0.3, -0.25) is 9.67 Å². The van der Waals surface area contributed by atoms with Gasteiger partial charge < -0.3 is 9.64 Å². The Labute approximate surface area is 135 Å². The molecule has 5 nitrogen and oxygen atoms in total. The molecule has 0 unspecified atom stereocenters. The highest BCUT2D eigenvalue weighted by Crippen LogP contribution is 2.19. The Hall–Kier alpha value is -1.66. The lowest BCUT2D eigenvalue weighted by Gasteiger charge is -2.28. The van der Waals surface area contributed by atoms with Crippen LogP contribution in [0.25, 0.3) is 5.69 Å². The Morgan fingerprint density at radius 2 is 1.91 bits per heavy atom. The zero-order valence-electron chi connectivity index (χ0n) is 13.1. The van der Waals surface area contributed by atoms with Crippen molar-refractivity contribution in [3.8, 4) is 11.4 Å². The maximum Gasteiger partial charge on any atom is 0.200 e. The molecule has 0 aliphatic carbocycles. The van der Waals surface area contributed by atoms with Crippen LogP contribution in [0, 0.1) is 4.77 Å². The summed E-state index contributed by atoms with van der Waals surface area (Å²) in [4.78, 5) is 1.59. The number of aromatic amines is 1. The van der Waals surface area contributed by atoms with Crippen molar-refractivity contribution in [3.05, 3.63) is 34.9 Å². The second-order valence-electron chi connectivity index (χ2n) is 5.86. The third-order valence-electron chi connectivity index (χ3n) is 4.52. The molecular weight excluding hydrogens is 296 g/mol. The first-order valence-corrected chi connectivity index (χ1v) is 8.28. The minimum Gasteiger partial charge on any atom is -0.497 e. The SMILES string of the molecule is COc1ccc(-n2c([C@@H](C)[NH+]3CCCCC3)n[nH]c2=S)cc1. The number of nitrogens with zero attached hydrogens (tertiary/aromatic N) is 2. The van der Waals surface area contributed by atoms with E-state index in [0.717, 1.165) is 17.3 Å². The average molecular weight is 319 g/mol. The van der Waals surface area contributed by atoms with Gasteiger partial charge in [-0.15, -0.1) is 0 Å². The molecule has 118 valence electrons. The zero-order chi connectivity index (χ0) is 15.5. The summed E-state index contributed by atoms with van der Waals surface area (Å²) in [6.07, 6.45) is 3.95. The number of hydrogen-bond acceptors (Lipinski definition) is 3. The van der Waals surface area contributed by atoms with E-state index in [1.807, 2.05) is 28.8 Å². The molecule has 6 heteroatoms. The number of aromatic nitrogens is 3. The molecule has 1 saturated heterocycles. The van der Waals surface area contributed by atoms with E-state index in [2.05, 4.69) is 17.1 Å². The van der Waals surface area contributed by atoms with Crippen LogP contribution < -0.4 is 9.64 Å². The molecule has 0 radical (unpaired) electrons. The van der Waals surface area contributed by atoms with Crippen LogP contribution in [-0.4, -0.2) is 35.0 Å². The fraction of sp³-hybridized carbons (Fsp3) is 0.500. The highest BCUT2D eigenvalue weighted by atomic mass is 32.1. The van der Waals surface area contributed by atoms with Gasteiger partial charge in [0.25, 0.3) is 0 Å². The summed E-state index contributed by atoms with van der Waals surface area (Å²) in [7, 11) is 1.67. The summed E-state index contributed by atoms with van der Waals surface area (Å²) in [5, 5.41) is 7.46. The van der Waals surface area contributed by atoms with Gasteiger partial charge in [-0.05, 0) is 62.7 Å². The van der Waals surface area contributed by atoms with Gasteiger partial charge in [-0.25, -0.2) is 0 Å². The summed E-state index contributed by atoms with van der Waals surface area (Å²) >= 11 is 5.44. The van der Waals surface area contributed by atoms with Crippen LogP contribution in [0.5, 0.6) is 5.75 Å². The van der Waals surface area contributed by atoms with Gasteiger partial charge in [-0.1, -0.05) is 0 Å². The molecule has 2 aromatic rings. The zero-order valence-corrected chi connectivity index (χ0v) is 13.9. The Kier molecular flexibility index (Phi) is 4.59. The van der Waals surface area contributed by atoms with E-state index >= 15 is 0 Å². The van der Waals surface area contributed by atoms with Crippen molar-refractivity contribution in [2.75, 3.05) is 20.2 Å². The summed E-state index contributed by atoms with van der Waals surface area (Å²) in [6, 6.07) is 8.27. The van der Waals surface area contributed by atoms with E-state index in [1.54, 1.807) is 12.0 Å². The van der Waals surface area contributed by atoms with Crippen molar-refractivity contribution in [2.24, 2.45) is 0 Å². The Morgan fingerprint density at radius 1 is 1.23 bits per heavy atom. The first kappa shape index (κ1) is 15.2. The van der Waals surface area contributed by atoms with E-state index in [9.17, 15) is 0 Å². The van der Waals surface area contributed by atoms with Gasteiger partial charge in [0.1, 0.15) is 11.8 Å². The van der Waals surface area contributed by atoms with Crippen LogP contribution in [0.4, 0.5) is 0 Å². The van der Waals surface area contributed by atoms with E-state index in [1.165, 1.54) is 32.4 Å². The van der Waals surface area contributed by atoms with E-state index in [4.69, 9.17) is 17.0 Å². The van der Waals surface area contributed by atoms with Gasteiger partial charge in [0.15, 0.2) is 10.6 Å². The highest BCUT2D eigenvalue weighted by molar-refractivity contribution is 7.71. The van der Waals surface area contributed by atoms with Crippen LogP contribution in [0.3, 0.4) is 0 Å². The van der Waals surface area contributed by atoms with Crippen molar-refractivity contribution < 1.29 is 9.64 Å². The first-order chi connectivity index (χ1) is 10.7. The monoisotopic (exact) mass is 319 g/mol. The molecule has 1 aliphatic heterocycles. The molecule has 1 atom stereocenters. The third-order valence-corrected chi connectivity index (χ3v) is 4.80. The number of rotatable bonds is 4.